The molecular weight excluding hydrogens is 453 g/mol. The second-order valence-electron chi connectivity index (χ2n) is 8.27. The Bertz CT molecular complexity index is 1140. The number of piperazine rings is 1. The minimum Gasteiger partial charge on any atom is -0.367 e. The van der Waals surface area contributed by atoms with E-state index >= 15 is 0 Å². The molecule has 1 aliphatic heterocycles. The summed E-state index contributed by atoms with van der Waals surface area (Å²) in [4.78, 5) is 1.94. The van der Waals surface area contributed by atoms with Crippen molar-refractivity contribution in [1.29, 1.82) is 0 Å². The van der Waals surface area contributed by atoms with Gasteiger partial charge in [-0.15, -0.1) is 0 Å². The molecule has 0 unspecified atom stereocenters. The zero-order chi connectivity index (χ0) is 22.8. The minimum atomic E-state index is -3.77. The van der Waals surface area contributed by atoms with Gasteiger partial charge in [0.05, 0.1) is 15.5 Å². The van der Waals surface area contributed by atoms with Crippen molar-refractivity contribution in [2.45, 2.75) is 47.9 Å². The fourth-order valence-electron chi connectivity index (χ4n) is 4.33. The van der Waals surface area contributed by atoms with Crippen LogP contribution in [0.1, 0.15) is 32.1 Å². The summed E-state index contributed by atoms with van der Waals surface area (Å²) in [5, 5.41) is 0. The number of nitrogens with zero attached hydrogens (tertiary/aromatic N) is 2. The number of hydrogen-bond donors (Lipinski definition) is 1. The Balaban J connectivity index is 1.42. The van der Waals surface area contributed by atoms with Crippen LogP contribution in [0, 0.1) is 5.82 Å². The van der Waals surface area contributed by atoms with Crippen molar-refractivity contribution in [3.63, 3.8) is 0 Å². The van der Waals surface area contributed by atoms with Crippen molar-refractivity contribution in [2.24, 2.45) is 0 Å². The average Bonchev–Trinajstić information content (AvgIpc) is 2.80. The van der Waals surface area contributed by atoms with Crippen LogP contribution >= 0.6 is 0 Å². The van der Waals surface area contributed by atoms with E-state index in [2.05, 4.69) is 4.72 Å². The third kappa shape index (κ3) is 4.98. The maximum Gasteiger partial charge on any atom is 0.243 e. The predicted octanol–water partition coefficient (Wildman–Crippen LogP) is 2.95. The van der Waals surface area contributed by atoms with Gasteiger partial charge in [0.15, 0.2) is 0 Å². The van der Waals surface area contributed by atoms with E-state index in [-0.39, 0.29) is 34.7 Å². The molecule has 2 aromatic carbocycles. The number of hydrogen-bond acceptors (Lipinski definition) is 5. The van der Waals surface area contributed by atoms with E-state index in [9.17, 15) is 21.2 Å². The van der Waals surface area contributed by atoms with Crippen molar-refractivity contribution in [3.05, 3.63) is 54.3 Å². The molecule has 32 heavy (non-hydrogen) atoms. The molecule has 174 valence electrons. The second-order valence-corrected chi connectivity index (χ2v) is 11.9. The van der Waals surface area contributed by atoms with Gasteiger partial charge in [-0.2, -0.15) is 4.31 Å². The van der Waals surface area contributed by atoms with E-state index in [0.717, 1.165) is 32.1 Å². The fraction of sp³-hybridized carbons (Fsp3) is 0.455. The Morgan fingerprint density at radius 2 is 1.38 bits per heavy atom. The maximum absolute atomic E-state index is 14.0. The standard InChI is InChI=1S/C22H28FN3O4S2/c23-21-8-4-5-9-22(21)25-14-16-26(17-15-25)32(29,30)20-12-10-19(11-13-20)31(27,28)24-18-6-2-1-3-7-18/h4-5,8-13,18,24H,1-3,6-7,14-17H2. The molecule has 0 bridgehead atoms. The van der Waals surface area contributed by atoms with Gasteiger partial charge in [-0.25, -0.2) is 25.9 Å². The van der Waals surface area contributed by atoms with Gasteiger partial charge >= 0.3 is 0 Å². The van der Waals surface area contributed by atoms with Gasteiger partial charge in [0.25, 0.3) is 0 Å². The van der Waals surface area contributed by atoms with Crippen molar-refractivity contribution in [2.75, 3.05) is 31.1 Å². The van der Waals surface area contributed by atoms with Crippen molar-refractivity contribution in [3.8, 4) is 0 Å². The van der Waals surface area contributed by atoms with Crippen LogP contribution in [0.5, 0.6) is 0 Å². The molecule has 10 heteroatoms. The Morgan fingerprint density at radius 1 is 0.781 bits per heavy atom. The lowest BCUT2D eigenvalue weighted by Gasteiger charge is -2.35. The highest BCUT2D eigenvalue weighted by atomic mass is 32.2. The maximum atomic E-state index is 14.0. The number of nitrogens with one attached hydrogen (secondary N) is 1. The topological polar surface area (TPSA) is 86.8 Å². The number of para-hydroxylation sites is 1. The van der Waals surface area contributed by atoms with Gasteiger partial charge in [0.2, 0.25) is 20.0 Å². The minimum absolute atomic E-state index is 0.0495. The zero-order valence-electron chi connectivity index (χ0n) is 17.8. The lowest BCUT2D eigenvalue weighted by molar-refractivity contribution is 0.383. The molecule has 1 heterocycles. The molecule has 1 N–H and O–H groups in total. The molecular formula is C22H28FN3O4S2. The van der Waals surface area contributed by atoms with Gasteiger partial charge in [-0.3, -0.25) is 0 Å². The summed E-state index contributed by atoms with van der Waals surface area (Å²) < 4.78 is 69.5. The summed E-state index contributed by atoms with van der Waals surface area (Å²) in [5.74, 6) is -0.331. The van der Waals surface area contributed by atoms with E-state index in [0.29, 0.717) is 18.8 Å². The lowest BCUT2D eigenvalue weighted by atomic mass is 9.96. The normalized spacial score (nSPS) is 19.2. The van der Waals surface area contributed by atoms with Crippen molar-refractivity contribution < 1.29 is 21.2 Å². The first-order valence-corrected chi connectivity index (χ1v) is 13.8. The Hall–Kier alpha value is -2.01. The highest BCUT2D eigenvalue weighted by Crippen LogP contribution is 2.25. The fourth-order valence-corrected chi connectivity index (χ4v) is 7.05. The highest BCUT2D eigenvalue weighted by molar-refractivity contribution is 7.89. The van der Waals surface area contributed by atoms with Crippen LogP contribution in [0.4, 0.5) is 10.1 Å². The van der Waals surface area contributed by atoms with E-state index in [4.69, 9.17) is 0 Å². The molecule has 0 aromatic heterocycles. The SMILES string of the molecule is O=S(=O)(NC1CCCCC1)c1ccc(S(=O)(=O)N2CCN(c3ccccc3F)CC2)cc1. The molecule has 7 nitrogen and oxygen atoms in total. The summed E-state index contributed by atoms with van der Waals surface area (Å²) in [6.45, 7) is 1.19. The molecule has 4 rings (SSSR count). The molecule has 1 saturated heterocycles. The van der Waals surface area contributed by atoms with Crippen molar-refractivity contribution in [1.82, 2.24) is 9.03 Å². The van der Waals surface area contributed by atoms with E-state index in [1.807, 2.05) is 4.90 Å². The Kier molecular flexibility index (Phi) is 6.85. The summed E-state index contributed by atoms with van der Waals surface area (Å²) in [7, 11) is -7.46. The smallest absolute Gasteiger partial charge is 0.243 e. The van der Waals surface area contributed by atoms with Gasteiger partial charge in [0, 0.05) is 32.2 Å². The van der Waals surface area contributed by atoms with Gasteiger partial charge in [-0.1, -0.05) is 31.4 Å². The van der Waals surface area contributed by atoms with Gasteiger partial charge < -0.3 is 4.90 Å². The average molecular weight is 482 g/mol. The van der Waals surface area contributed by atoms with Crippen LogP contribution in [0.15, 0.2) is 58.3 Å². The Morgan fingerprint density at radius 3 is 2.00 bits per heavy atom. The van der Waals surface area contributed by atoms with Crippen LogP contribution < -0.4 is 9.62 Å². The highest BCUT2D eigenvalue weighted by Gasteiger charge is 2.30. The Labute approximate surface area is 189 Å². The number of sulfonamides is 2. The first kappa shape index (κ1) is 23.2. The molecule has 1 aliphatic carbocycles. The summed E-state index contributed by atoms with van der Waals surface area (Å²) in [6, 6.07) is 11.7. The van der Waals surface area contributed by atoms with E-state index in [1.165, 1.54) is 34.6 Å². The van der Waals surface area contributed by atoms with E-state index < -0.39 is 20.0 Å². The predicted molar refractivity (Wildman–Crippen MR) is 121 cm³/mol. The van der Waals surface area contributed by atoms with Crippen molar-refractivity contribution >= 4 is 25.7 Å². The quantitative estimate of drug-likeness (QED) is 0.686. The second kappa shape index (κ2) is 9.46. The number of benzene rings is 2. The molecule has 2 aromatic rings. The summed E-state index contributed by atoms with van der Waals surface area (Å²) in [5.41, 5.74) is 0.463. The van der Waals surface area contributed by atoms with Gasteiger partial charge in [-0.05, 0) is 49.2 Å². The molecule has 0 radical (unpaired) electrons. The first-order chi connectivity index (χ1) is 15.3. The van der Waals surface area contributed by atoms with Crippen LogP contribution in [0.3, 0.4) is 0 Å². The number of rotatable bonds is 6. The molecule has 0 spiro atoms. The third-order valence-corrected chi connectivity index (χ3v) is 9.58. The molecule has 2 aliphatic rings. The third-order valence-electron chi connectivity index (χ3n) is 6.13. The van der Waals surface area contributed by atoms with Gasteiger partial charge in [0.1, 0.15) is 5.82 Å². The largest absolute Gasteiger partial charge is 0.367 e. The molecule has 0 amide bonds. The monoisotopic (exact) mass is 481 g/mol. The van der Waals surface area contributed by atoms with Crippen LogP contribution in [-0.2, 0) is 20.0 Å². The van der Waals surface area contributed by atoms with Crippen LogP contribution in [0.2, 0.25) is 0 Å². The molecule has 1 saturated carbocycles. The van der Waals surface area contributed by atoms with E-state index in [1.54, 1.807) is 18.2 Å². The molecule has 2 fully saturated rings. The van der Waals surface area contributed by atoms with Crippen LogP contribution in [-0.4, -0.2) is 53.4 Å². The lowest BCUT2D eigenvalue weighted by Crippen LogP contribution is -2.48. The number of halogens is 1. The summed E-state index contributed by atoms with van der Waals surface area (Å²) in [6.07, 6.45) is 4.79. The zero-order valence-corrected chi connectivity index (χ0v) is 19.4. The van der Waals surface area contributed by atoms with Crippen LogP contribution in [0.25, 0.3) is 0 Å². The first-order valence-electron chi connectivity index (χ1n) is 10.9. The summed E-state index contributed by atoms with van der Waals surface area (Å²) >= 11 is 0. The molecule has 0 atom stereocenters. The number of anilines is 1.